The van der Waals surface area contributed by atoms with E-state index in [0.29, 0.717) is 24.4 Å². The van der Waals surface area contributed by atoms with Gasteiger partial charge in [0.2, 0.25) is 0 Å². The lowest BCUT2D eigenvalue weighted by Crippen LogP contribution is -2.38. The van der Waals surface area contributed by atoms with E-state index in [2.05, 4.69) is 12.1 Å². The third-order valence-electron chi connectivity index (χ3n) is 4.44. The Bertz CT molecular complexity index is 800. The quantitative estimate of drug-likeness (QED) is 0.804. The maximum Gasteiger partial charge on any atom is 0.337 e. The standard InChI is InChI=1S/C20H21NO4/c1-14-7-8-16(20(23)24-2)11-18(14)25-13-19(22)21-10-9-15-5-3-4-6-17(15)12-21/h3-8,11H,9-10,12-13H2,1-2H3. The lowest BCUT2D eigenvalue weighted by molar-refractivity contribution is -0.134. The number of rotatable bonds is 4. The van der Waals surface area contributed by atoms with E-state index in [0.717, 1.165) is 12.0 Å². The van der Waals surface area contributed by atoms with Gasteiger partial charge in [-0.3, -0.25) is 4.79 Å². The van der Waals surface area contributed by atoms with Crippen LogP contribution < -0.4 is 4.74 Å². The molecule has 0 bridgehead atoms. The summed E-state index contributed by atoms with van der Waals surface area (Å²) in [7, 11) is 1.33. The van der Waals surface area contributed by atoms with Crippen LogP contribution in [-0.4, -0.2) is 37.0 Å². The second kappa shape index (κ2) is 7.38. The van der Waals surface area contributed by atoms with Crippen LogP contribution in [0.15, 0.2) is 42.5 Å². The van der Waals surface area contributed by atoms with Crippen LogP contribution in [0.4, 0.5) is 0 Å². The molecule has 0 N–H and O–H groups in total. The van der Waals surface area contributed by atoms with Crippen LogP contribution in [0.1, 0.15) is 27.0 Å². The van der Waals surface area contributed by atoms with Gasteiger partial charge >= 0.3 is 5.97 Å². The molecule has 5 nitrogen and oxygen atoms in total. The fourth-order valence-electron chi connectivity index (χ4n) is 2.94. The normalized spacial score (nSPS) is 13.1. The zero-order valence-corrected chi connectivity index (χ0v) is 14.5. The van der Waals surface area contributed by atoms with Crippen molar-refractivity contribution in [3.8, 4) is 5.75 Å². The minimum Gasteiger partial charge on any atom is -0.483 e. The van der Waals surface area contributed by atoms with E-state index < -0.39 is 5.97 Å². The van der Waals surface area contributed by atoms with Crippen molar-refractivity contribution in [2.24, 2.45) is 0 Å². The third kappa shape index (κ3) is 3.82. The van der Waals surface area contributed by atoms with Crippen molar-refractivity contribution in [1.82, 2.24) is 4.90 Å². The monoisotopic (exact) mass is 339 g/mol. The maximum atomic E-state index is 12.5. The summed E-state index contributed by atoms with van der Waals surface area (Å²) >= 11 is 0. The summed E-state index contributed by atoms with van der Waals surface area (Å²) in [6, 6.07) is 13.2. The number of nitrogens with zero attached hydrogens (tertiary/aromatic N) is 1. The molecule has 130 valence electrons. The molecule has 5 heteroatoms. The first-order valence-electron chi connectivity index (χ1n) is 8.25. The first-order valence-corrected chi connectivity index (χ1v) is 8.25. The van der Waals surface area contributed by atoms with Crippen LogP contribution in [0.2, 0.25) is 0 Å². The molecule has 2 aromatic rings. The van der Waals surface area contributed by atoms with Crippen LogP contribution in [0.25, 0.3) is 0 Å². The molecule has 25 heavy (non-hydrogen) atoms. The highest BCUT2D eigenvalue weighted by molar-refractivity contribution is 5.90. The van der Waals surface area contributed by atoms with Crippen molar-refractivity contribution in [3.05, 3.63) is 64.7 Å². The lowest BCUT2D eigenvalue weighted by Gasteiger charge is -2.28. The highest BCUT2D eigenvalue weighted by atomic mass is 16.5. The molecule has 0 fully saturated rings. The molecule has 0 spiro atoms. The van der Waals surface area contributed by atoms with Gasteiger partial charge in [0.1, 0.15) is 5.75 Å². The van der Waals surface area contributed by atoms with Crippen molar-refractivity contribution in [2.75, 3.05) is 20.3 Å². The number of benzene rings is 2. The number of amides is 1. The molecule has 0 unspecified atom stereocenters. The van der Waals surface area contributed by atoms with Crippen LogP contribution in [0.5, 0.6) is 5.75 Å². The molecular formula is C20H21NO4. The zero-order chi connectivity index (χ0) is 17.8. The second-order valence-corrected chi connectivity index (χ2v) is 6.09. The summed E-state index contributed by atoms with van der Waals surface area (Å²) in [5.41, 5.74) is 3.76. The van der Waals surface area contributed by atoms with Crippen molar-refractivity contribution >= 4 is 11.9 Å². The number of methoxy groups -OCH3 is 1. The van der Waals surface area contributed by atoms with E-state index in [1.807, 2.05) is 24.0 Å². The molecule has 0 saturated heterocycles. The van der Waals surface area contributed by atoms with Crippen LogP contribution >= 0.6 is 0 Å². The molecule has 2 aromatic carbocycles. The SMILES string of the molecule is COC(=O)c1ccc(C)c(OCC(=O)N2CCc3ccccc3C2)c1. The molecule has 0 saturated carbocycles. The Morgan fingerprint density at radius 2 is 1.88 bits per heavy atom. The molecule has 0 radical (unpaired) electrons. The average Bonchev–Trinajstić information content (AvgIpc) is 2.66. The van der Waals surface area contributed by atoms with Gasteiger partial charge in [0.25, 0.3) is 5.91 Å². The molecule has 1 heterocycles. The Morgan fingerprint density at radius 3 is 2.64 bits per heavy atom. The summed E-state index contributed by atoms with van der Waals surface area (Å²) in [4.78, 5) is 25.9. The summed E-state index contributed by atoms with van der Waals surface area (Å²) < 4.78 is 10.4. The number of aryl methyl sites for hydroxylation is 1. The number of esters is 1. The van der Waals surface area contributed by atoms with Gasteiger partial charge in [0.15, 0.2) is 6.61 Å². The lowest BCUT2D eigenvalue weighted by atomic mass is 10.00. The van der Waals surface area contributed by atoms with E-state index in [1.165, 1.54) is 18.2 Å². The van der Waals surface area contributed by atoms with E-state index in [1.54, 1.807) is 18.2 Å². The average molecular weight is 339 g/mol. The van der Waals surface area contributed by atoms with Crippen molar-refractivity contribution < 1.29 is 19.1 Å². The molecule has 3 rings (SSSR count). The third-order valence-corrected chi connectivity index (χ3v) is 4.44. The van der Waals surface area contributed by atoms with Crippen LogP contribution in [0, 0.1) is 6.92 Å². The number of hydrogen-bond donors (Lipinski definition) is 0. The van der Waals surface area contributed by atoms with Crippen molar-refractivity contribution in [3.63, 3.8) is 0 Å². The van der Waals surface area contributed by atoms with E-state index in [-0.39, 0.29) is 12.5 Å². The highest BCUT2D eigenvalue weighted by Crippen LogP contribution is 2.21. The van der Waals surface area contributed by atoms with E-state index in [9.17, 15) is 9.59 Å². The smallest absolute Gasteiger partial charge is 0.337 e. The van der Waals surface area contributed by atoms with Crippen molar-refractivity contribution in [2.45, 2.75) is 19.9 Å². The van der Waals surface area contributed by atoms with Crippen LogP contribution in [0.3, 0.4) is 0 Å². The highest BCUT2D eigenvalue weighted by Gasteiger charge is 2.21. The van der Waals surface area contributed by atoms with Crippen molar-refractivity contribution in [1.29, 1.82) is 0 Å². The summed E-state index contributed by atoms with van der Waals surface area (Å²) in [6.45, 7) is 3.13. The minimum atomic E-state index is -0.427. The molecule has 0 atom stereocenters. The Balaban J connectivity index is 1.64. The molecular weight excluding hydrogens is 318 g/mol. The number of fused-ring (bicyclic) bond motifs is 1. The Labute approximate surface area is 147 Å². The number of ether oxygens (including phenoxy) is 2. The van der Waals surface area contributed by atoms with Gasteiger partial charge in [-0.15, -0.1) is 0 Å². The van der Waals surface area contributed by atoms with Gasteiger partial charge in [-0.2, -0.15) is 0 Å². The van der Waals surface area contributed by atoms with Gasteiger partial charge in [-0.05, 0) is 42.2 Å². The Kier molecular flexibility index (Phi) is 5.03. The predicted octanol–water partition coefficient (Wildman–Crippen LogP) is 2.75. The zero-order valence-electron chi connectivity index (χ0n) is 14.5. The van der Waals surface area contributed by atoms with Gasteiger partial charge in [-0.1, -0.05) is 30.3 Å². The largest absolute Gasteiger partial charge is 0.483 e. The molecule has 1 aliphatic rings. The fraction of sp³-hybridized carbons (Fsp3) is 0.300. The Morgan fingerprint density at radius 1 is 1.12 bits per heavy atom. The number of hydrogen-bond acceptors (Lipinski definition) is 4. The first-order chi connectivity index (χ1) is 12.1. The number of carbonyl (C=O) groups is 2. The topological polar surface area (TPSA) is 55.8 Å². The number of carbonyl (C=O) groups excluding carboxylic acids is 2. The summed E-state index contributed by atoms with van der Waals surface area (Å²) in [6.07, 6.45) is 0.860. The maximum absolute atomic E-state index is 12.5. The van der Waals surface area contributed by atoms with Crippen LogP contribution in [-0.2, 0) is 22.5 Å². The molecule has 0 aromatic heterocycles. The van der Waals surface area contributed by atoms with Gasteiger partial charge < -0.3 is 14.4 Å². The summed E-state index contributed by atoms with van der Waals surface area (Å²) in [5.74, 6) is 0.0369. The van der Waals surface area contributed by atoms with Gasteiger partial charge in [0, 0.05) is 13.1 Å². The second-order valence-electron chi connectivity index (χ2n) is 6.09. The van der Waals surface area contributed by atoms with Gasteiger partial charge in [-0.25, -0.2) is 4.79 Å². The molecule has 1 amide bonds. The Hall–Kier alpha value is -2.82. The molecule has 1 aliphatic heterocycles. The fourth-order valence-corrected chi connectivity index (χ4v) is 2.94. The summed E-state index contributed by atoms with van der Waals surface area (Å²) in [5, 5.41) is 0. The van der Waals surface area contributed by atoms with E-state index in [4.69, 9.17) is 9.47 Å². The predicted molar refractivity (Wildman–Crippen MR) is 93.6 cm³/mol. The van der Waals surface area contributed by atoms with Gasteiger partial charge in [0.05, 0.1) is 12.7 Å². The van der Waals surface area contributed by atoms with E-state index >= 15 is 0 Å². The minimum absolute atomic E-state index is 0.0480. The first kappa shape index (κ1) is 17.0. The molecule has 0 aliphatic carbocycles.